The zero-order valence-electron chi connectivity index (χ0n) is 11.9. The molecule has 1 aromatic rings. The van der Waals surface area contributed by atoms with Gasteiger partial charge in [0.1, 0.15) is 6.54 Å². The van der Waals surface area contributed by atoms with Crippen LogP contribution in [0.1, 0.15) is 0 Å². The predicted octanol–water partition coefficient (Wildman–Crippen LogP) is 0.723. The maximum Gasteiger partial charge on any atom is 0.405 e. The molecule has 0 aromatic heterocycles. The van der Waals surface area contributed by atoms with Gasteiger partial charge in [-0.15, -0.1) is 0 Å². The Balaban J connectivity index is 1.78. The Morgan fingerprint density at radius 1 is 1.27 bits per heavy atom. The van der Waals surface area contributed by atoms with E-state index >= 15 is 0 Å². The molecule has 2 N–H and O–H groups in total. The van der Waals surface area contributed by atoms with Crippen LogP contribution >= 0.6 is 11.6 Å². The molecule has 4 nitrogen and oxygen atoms in total. The molecule has 2 rings (SSSR count). The van der Waals surface area contributed by atoms with Crippen LogP contribution in [-0.4, -0.2) is 51.4 Å². The van der Waals surface area contributed by atoms with Crippen LogP contribution in [0.5, 0.6) is 0 Å². The van der Waals surface area contributed by atoms with Crippen molar-refractivity contribution in [2.24, 2.45) is 0 Å². The number of amides is 1. The Morgan fingerprint density at radius 2 is 1.91 bits per heavy atom. The van der Waals surface area contributed by atoms with Crippen molar-refractivity contribution in [2.45, 2.75) is 6.18 Å². The molecule has 1 saturated heterocycles. The van der Waals surface area contributed by atoms with Crippen molar-refractivity contribution in [3.8, 4) is 0 Å². The van der Waals surface area contributed by atoms with Crippen LogP contribution in [0.25, 0.3) is 0 Å². The van der Waals surface area contributed by atoms with E-state index in [2.05, 4.69) is 4.90 Å². The fourth-order valence-corrected chi connectivity index (χ4v) is 2.69. The molecule has 0 aliphatic carbocycles. The highest BCUT2D eigenvalue weighted by atomic mass is 35.5. The van der Waals surface area contributed by atoms with Crippen molar-refractivity contribution in [2.75, 3.05) is 44.2 Å². The van der Waals surface area contributed by atoms with Gasteiger partial charge < -0.3 is 15.1 Å². The molecule has 0 atom stereocenters. The molecule has 1 fully saturated rings. The number of alkyl halides is 3. The first-order valence-electron chi connectivity index (χ1n) is 7.01. The molecule has 8 heteroatoms. The quantitative estimate of drug-likeness (QED) is 0.850. The molecule has 22 heavy (non-hydrogen) atoms. The molecular weight excluding hydrogens is 319 g/mol. The summed E-state index contributed by atoms with van der Waals surface area (Å²) in [6.45, 7) is 1.59. The first-order chi connectivity index (χ1) is 10.3. The zero-order valence-corrected chi connectivity index (χ0v) is 12.7. The van der Waals surface area contributed by atoms with Gasteiger partial charge in [0.2, 0.25) is 0 Å². The Bertz CT molecular complexity index is 516. The summed E-state index contributed by atoms with van der Waals surface area (Å²) in [4.78, 5) is 14.6. The van der Waals surface area contributed by atoms with Crippen molar-refractivity contribution in [1.82, 2.24) is 5.32 Å². The van der Waals surface area contributed by atoms with Gasteiger partial charge in [0.05, 0.1) is 36.9 Å². The van der Waals surface area contributed by atoms with Gasteiger partial charge in [-0.3, -0.25) is 4.79 Å². The van der Waals surface area contributed by atoms with Crippen molar-refractivity contribution < 1.29 is 22.9 Å². The minimum absolute atomic E-state index is 0.0619. The van der Waals surface area contributed by atoms with E-state index in [1.807, 2.05) is 29.6 Å². The Labute approximate surface area is 131 Å². The molecule has 1 aliphatic heterocycles. The van der Waals surface area contributed by atoms with Crippen LogP contribution in [0.15, 0.2) is 24.3 Å². The van der Waals surface area contributed by atoms with E-state index in [4.69, 9.17) is 11.6 Å². The minimum Gasteiger partial charge on any atom is -0.359 e. The average Bonchev–Trinajstić information content (AvgIpc) is 2.46. The third-order valence-corrected chi connectivity index (χ3v) is 3.88. The second-order valence-corrected chi connectivity index (χ2v) is 5.66. The van der Waals surface area contributed by atoms with E-state index in [0.717, 1.165) is 10.6 Å². The normalized spacial score (nSPS) is 16.6. The van der Waals surface area contributed by atoms with Crippen molar-refractivity contribution in [1.29, 1.82) is 0 Å². The summed E-state index contributed by atoms with van der Waals surface area (Å²) in [5, 5.41) is 2.58. The van der Waals surface area contributed by atoms with Crippen molar-refractivity contribution in [3.05, 3.63) is 29.3 Å². The number of hydrogen-bond acceptors (Lipinski definition) is 2. The van der Waals surface area contributed by atoms with Gasteiger partial charge in [-0.25, -0.2) is 0 Å². The number of benzene rings is 1. The number of nitrogens with zero attached hydrogens (tertiary/aromatic N) is 1. The number of piperazine rings is 1. The fraction of sp³-hybridized carbons (Fsp3) is 0.500. The molecule has 1 amide bonds. The Kier molecular flexibility index (Phi) is 5.52. The SMILES string of the molecule is O=C(C[NH+]1CCN(c2ccccc2Cl)CC1)NCC(F)(F)F. The van der Waals surface area contributed by atoms with Crippen LogP contribution in [0, 0.1) is 0 Å². The average molecular weight is 337 g/mol. The number of hydrogen-bond donors (Lipinski definition) is 2. The molecule has 1 aliphatic rings. The van der Waals surface area contributed by atoms with E-state index in [1.54, 1.807) is 0 Å². The fourth-order valence-electron chi connectivity index (χ4n) is 2.44. The highest BCUT2D eigenvalue weighted by Crippen LogP contribution is 2.24. The van der Waals surface area contributed by atoms with E-state index in [9.17, 15) is 18.0 Å². The first-order valence-corrected chi connectivity index (χ1v) is 7.39. The number of quaternary nitrogens is 1. The van der Waals surface area contributed by atoms with Crippen LogP contribution in [0.2, 0.25) is 5.02 Å². The van der Waals surface area contributed by atoms with Gasteiger partial charge in [-0.1, -0.05) is 23.7 Å². The van der Waals surface area contributed by atoms with Crippen LogP contribution in [-0.2, 0) is 4.79 Å². The van der Waals surface area contributed by atoms with Crippen LogP contribution < -0.4 is 15.1 Å². The van der Waals surface area contributed by atoms with Crippen LogP contribution in [0.4, 0.5) is 18.9 Å². The van der Waals surface area contributed by atoms with E-state index in [0.29, 0.717) is 31.2 Å². The second kappa shape index (κ2) is 7.19. The summed E-state index contributed by atoms with van der Waals surface area (Å²) in [6.07, 6.45) is -4.37. The molecule has 0 unspecified atom stereocenters. The maximum atomic E-state index is 12.0. The van der Waals surface area contributed by atoms with E-state index in [1.165, 1.54) is 0 Å². The predicted molar refractivity (Wildman–Crippen MR) is 78.3 cm³/mol. The minimum atomic E-state index is -4.37. The summed E-state index contributed by atoms with van der Waals surface area (Å²) in [5.74, 6) is -0.571. The van der Waals surface area contributed by atoms with Gasteiger partial charge in [-0.05, 0) is 12.1 Å². The molecule has 1 heterocycles. The summed E-state index contributed by atoms with van der Waals surface area (Å²) in [6, 6.07) is 7.52. The lowest BCUT2D eigenvalue weighted by atomic mass is 10.2. The Morgan fingerprint density at radius 3 is 2.50 bits per heavy atom. The number of anilines is 1. The monoisotopic (exact) mass is 336 g/mol. The van der Waals surface area contributed by atoms with Gasteiger partial charge in [0.25, 0.3) is 5.91 Å². The molecule has 0 saturated carbocycles. The third-order valence-electron chi connectivity index (χ3n) is 3.56. The number of carbonyl (C=O) groups is 1. The van der Waals surface area contributed by atoms with Gasteiger partial charge >= 0.3 is 6.18 Å². The van der Waals surface area contributed by atoms with Crippen molar-refractivity contribution >= 4 is 23.2 Å². The lowest BCUT2D eigenvalue weighted by molar-refractivity contribution is -0.892. The Hall–Kier alpha value is -1.47. The van der Waals surface area contributed by atoms with E-state index in [-0.39, 0.29) is 6.54 Å². The first kappa shape index (κ1) is 16.9. The molecular formula is C14H18ClF3N3O+. The largest absolute Gasteiger partial charge is 0.405 e. The smallest absolute Gasteiger partial charge is 0.359 e. The van der Waals surface area contributed by atoms with Gasteiger partial charge in [0.15, 0.2) is 6.54 Å². The number of halogens is 4. The summed E-state index contributed by atoms with van der Waals surface area (Å²) >= 11 is 6.14. The molecule has 0 bridgehead atoms. The highest BCUT2D eigenvalue weighted by molar-refractivity contribution is 6.33. The number of carbonyl (C=O) groups excluding carboxylic acids is 1. The standard InChI is InChI=1S/C14H17ClF3N3O/c15-11-3-1-2-4-12(11)21-7-5-20(6-8-21)9-13(22)19-10-14(16,17)18/h1-4H,5-10H2,(H,19,22)/p+1. The topological polar surface area (TPSA) is 36.8 Å². The maximum absolute atomic E-state index is 12.0. The zero-order chi connectivity index (χ0) is 16.2. The number of rotatable bonds is 4. The van der Waals surface area contributed by atoms with Gasteiger partial charge in [0, 0.05) is 0 Å². The summed E-state index contributed by atoms with van der Waals surface area (Å²) in [5.41, 5.74) is 0.949. The van der Waals surface area contributed by atoms with Crippen LogP contribution in [0.3, 0.4) is 0 Å². The highest BCUT2D eigenvalue weighted by Gasteiger charge is 2.29. The molecule has 1 aromatic carbocycles. The lowest BCUT2D eigenvalue weighted by Crippen LogP contribution is -3.16. The molecule has 0 spiro atoms. The molecule has 0 radical (unpaired) electrons. The van der Waals surface area contributed by atoms with Gasteiger partial charge in [-0.2, -0.15) is 13.2 Å². The lowest BCUT2D eigenvalue weighted by Gasteiger charge is -2.33. The third kappa shape index (κ3) is 5.06. The van der Waals surface area contributed by atoms with Crippen molar-refractivity contribution in [3.63, 3.8) is 0 Å². The molecule has 122 valence electrons. The number of nitrogens with one attached hydrogen (secondary N) is 2. The van der Waals surface area contributed by atoms with E-state index < -0.39 is 18.6 Å². The number of para-hydroxylation sites is 1. The summed E-state index contributed by atoms with van der Waals surface area (Å²) in [7, 11) is 0. The summed E-state index contributed by atoms with van der Waals surface area (Å²) < 4.78 is 36.1. The second-order valence-electron chi connectivity index (χ2n) is 5.26.